The van der Waals surface area contributed by atoms with E-state index < -0.39 is 72.8 Å². The highest BCUT2D eigenvalue weighted by Gasteiger charge is 2.86. The summed E-state index contributed by atoms with van der Waals surface area (Å²) in [6.07, 6.45) is -61.0. The van der Waals surface area contributed by atoms with Crippen molar-refractivity contribution in [3.05, 3.63) is 0 Å². The van der Waals surface area contributed by atoms with Gasteiger partial charge in [0.2, 0.25) is 0 Å². The van der Waals surface area contributed by atoms with Gasteiger partial charge in [-0.3, -0.25) is 9.47 Å². The molecule has 0 amide bonds. The normalized spacial score (nSPS) is 18.6. The molecule has 0 rings (SSSR count). The molecule has 0 aliphatic rings. The van der Waals surface area contributed by atoms with Crippen molar-refractivity contribution in [1.82, 2.24) is 0 Å². The summed E-state index contributed by atoms with van der Waals surface area (Å²) in [4.78, 5) is 11.0. The molecule has 0 heterocycles. The molecular formula is C12HF23O4. The Balaban J connectivity index is 6.97. The summed E-state index contributed by atoms with van der Waals surface area (Å²) in [6.45, 7) is 0. The number of carbonyl (C=O) groups is 1. The SMILES string of the molecule is O=C(OC(C(F)(F)F)C(F)(F)F)C(F)(OC(F)(F)C(F)(OC(F)(F)C(F)(F)C(F)(F)F)C(F)(F)F)C(F)(F)F. The molecule has 0 N–H and O–H groups in total. The number of esters is 1. The molecule has 0 fully saturated rings. The molecule has 2 unspecified atom stereocenters. The fourth-order valence-electron chi connectivity index (χ4n) is 1.65. The van der Waals surface area contributed by atoms with Crippen LogP contribution in [0.15, 0.2) is 0 Å². The smallest absolute Gasteiger partial charge is 0.438 e. The van der Waals surface area contributed by atoms with Gasteiger partial charge in [-0.05, 0) is 0 Å². The van der Waals surface area contributed by atoms with Gasteiger partial charge in [-0.15, -0.1) is 0 Å². The molecule has 2 atom stereocenters. The lowest BCUT2D eigenvalue weighted by atomic mass is 10.2. The minimum atomic E-state index is -8.52. The monoisotopic (exact) mass is 646 g/mol. The Labute approximate surface area is 194 Å². The van der Waals surface area contributed by atoms with Crippen molar-refractivity contribution < 1.29 is 120 Å². The molecule has 27 heteroatoms. The van der Waals surface area contributed by atoms with Crippen LogP contribution in [-0.4, -0.2) is 72.8 Å². The van der Waals surface area contributed by atoms with Crippen molar-refractivity contribution in [2.24, 2.45) is 0 Å². The van der Waals surface area contributed by atoms with E-state index in [0.717, 1.165) is 4.74 Å². The highest BCUT2D eigenvalue weighted by Crippen LogP contribution is 2.56. The molecule has 39 heavy (non-hydrogen) atoms. The first-order valence-corrected chi connectivity index (χ1v) is 7.88. The third-order valence-corrected chi connectivity index (χ3v) is 3.44. The standard InChI is InChI=1S/C12HF23O4/c13-3(8(23,24)25,2(36)37-1(4(14,15)16)5(17,18)19)38-12(34,35)7(22,10(29,30)31)39-11(32,33)6(20,21)9(26,27)28/h1H. The zero-order valence-corrected chi connectivity index (χ0v) is 16.4. The topological polar surface area (TPSA) is 44.8 Å². The van der Waals surface area contributed by atoms with E-state index in [4.69, 9.17) is 0 Å². The summed E-state index contributed by atoms with van der Waals surface area (Å²) in [5.41, 5.74) is 0. The largest absolute Gasteiger partial charge is 0.462 e. The fourth-order valence-corrected chi connectivity index (χ4v) is 1.65. The molecule has 0 spiro atoms. The van der Waals surface area contributed by atoms with Crippen LogP contribution in [0.5, 0.6) is 0 Å². The van der Waals surface area contributed by atoms with Gasteiger partial charge in [-0.2, -0.15) is 101 Å². The minimum Gasteiger partial charge on any atom is -0.438 e. The molecular weight excluding hydrogens is 645 g/mol. The van der Waals surface area contributed by atoms with Crippen molar-refractivity contribution in [3.8, 4) is 0 Å². The number of alkyl halides is 23. The van der Waals surface area contributed by atoms with Crippen LogP contribution in [0.4, 0.5) is 101 Å². The van der Waals surface area contributed by atoms with Crippen LogP contribution >= 0.6 is 0 Å². The molecule has 234 valence electrons. The van der Waals surface area contributed by atoms with E-state index >= 15 is 0 Å². The summed E-state index contributed by atoms with van der Waals surface area (Å²) in [5.74, 6) is -29.6. The molecule has 0 bridgehead atoms. The van der Waals surface area contributed by atoms with Crippen LogP contribution in [-0.2, 0) is 19.0 Å². The van der Waals surface area contributed by atoms with Gasteiger partial charge in [-0.1, -0.05) is 0 Å². The van der Waals surface area contributed by atoms with E-state index in [0.29, 0.717) is 0 Å². The molecule has 0 aromatic carbocycles. The van der Waals surface area contributed by atoms with Crippen molar-refractivity contribution in [2.75, 3.05) is 0 Å². The molecule has 0 saturated heterocycles. The summed E-state index contributed by atoms with van der Waals surface area (Å²) in [7, 11) is 0. The van der Waals surface area contributed by atoms with Crippen molar-refractivity contribution in [2.45, 2.75) is 66.8 Å². The van der Waals surface area contributed by atoms with Gasteiger partial charge >= 0.3 is 66.7 Å². The number of ether oxygens (including phenoxy) is 3. The summed E-state index contributed by atoms with van der Waals surface area (Å²) < 4.78 is 297. The van der Waals surface area contributed by atoms with E-state index in [2.05, 4.69) is 0 Å². The first kappa shape index (κ1) is 36.8. The van der Waals surface area contributed by atoms with Gasteiger partial charge in [-0.25, -0.2) is 4.79 Å². The fraction of sp³-hybridized carbons (Fsp3) is 0.917. The molecule has 0 aliphatic heterocycles. The van der Waals surface area contributed by atoms with Crippen LogP contribution in [0.25, 0.3) is 0 Å². The Morgan fingerprint density at radius 1 is 0.462 bits per heavy atom. The van der Waals surface area contributed by atoms with Gasteiger partial charge in [0.15, 0.2) is 0 Å². The average molecular weight is 646 g/mol. The Morgan fingerprint density at radius 2 is 0.821 bits per heavy atom. The van der Waals surface area contributed by atoms with E-state index in [1.807, 2.05) is 4.74 Å². The van der Waals surface area contributed by atoms with Crippen LogP contribution in [0.2, 0.25) is 0 Å². The zero-order valence-electron chi connectivity index (χ0n) is 16.4. The first-order valence-electron chi connectivity index (χ1n) is 7.88. The molecule has 4 nitrogen and oxygen atoms in total. The third kappa shape index (κ3) is 6.93. The first-order chi connectivity index (χ1) is 16.4. The second-order valence-electron chi connectivity index (χ2n) is 6.36. The Kier molecular flexibility index (Phi) is 9.15. The maximum atomic E-state index is 14.0. The summed E-state index contributed by atoms with van der Waals surface area (Å²) in [5, 5.41) is 0. The lowest BCUT2D eigenvalue weighted by Crippen LogP contribution is -2.68. The van der Waals surface area contributed by atoms with Crippen molar-refractivity contribution in [1.29, 1.82) is 0 Å². The predicted molar refractivity (Wildman–Crippen MR) is 64.8 cm³/mol. The average Bonchev–Trinajstić information content (AvgIpc) is 2.59. The lowest BCUT2D eigenvalue weighted by molar-refractivity contribution is -0.549. The van der Waals surface area contributed by atoms with Crippen LogP contribution in [0, 0.1) is 0 Å². The molecule has 0 saturated carbocycles. The number of rotatable bonds is 8. The maximum absolute atomic E-state index is 14.0. The second kappa shape index (κ2) is 9.71. The van der Waals surface area contributed by atoms with Gasteiger partial charge in [0.1, 0.15) is 0 Å². The Morgan fingerprint density at radius 3 is 1.08 bits per heavy atom. The number of hydrogen-bond donors (Lipinski definition) is 0. The van der Waals surface area contributed by atoms with Gasteiger partial charge in [0.25, 0.3) is 6.10 Å². The van der Waals surface area contributed by atoms with E-state index in [1.165, 1.54) is 4.74 Å². The molecule has 0 aromatic rings. The van der Waals surface area contributed by atoms with Crippen LogP contribution < -0.4 is 0 Å². The molecule has 0 aliphatic carbocycles. The van der Waals surface area contributed by atoms with Crippen molar-refractivity contribution >= 4 is 5.97 Å². The van der Waals surface area contributed by atoms with E-state index in [9.17, 15) is 106 Å². The minimum absolute atomic E-state index is 1.06. The Bertz CT molecular complexity index is 862. The summed E-state index contributed by atoms with van der Waals surface area (Å²) >= 11 is 0. The highest BCUT2D eigenvalue weighted by molar-refractivity contribution is 5.79. The molecule has 0 radical (unpaired) electrons. The second-order valence-corrected chi connectivity index (χ2v) is 6.36. The third-order valence-electron chi connectivity index (χ3n) is 3.44. The highest BCUT2D eigenvalue weighted by atomic mass is 19.4. The summed E-state index contributed by atoms with van der Waals surface area (Å²) in [6, 6.07) is 0. The van der Waals surface area contributed by atoms with Crippen LogP contribution in [0.1, 0.15) is 0 Å². The van der Waals surface area contributed by atoms with E-state index in [-0.39, 0.29) is 0 Å². The van der Waals surface area contributed by atoms with Gasteiger partial charge in [0, 0.05) is 0 Å². The van der Waals surface area contributed by atoms with Gasteiger partial charge in [0.05, 0.1) is 0 Å². The zero-order chi connectivity index (χ0) is 32.3. The number of hydrogen-bond acceptors (Lipinski definition) is 4. The molecule has 0 aromatic heterocycles. The van der Waals surface area contributed by atoms with Crippen molar-refractivity contribution in [3.63, 3.8) is 0 Å². The van der Waals surface area contributed by atoms with Crippen LogP contribution in [0.3, 0.4) is 0 Å². The van der Waals surface area contributed by atoms with Gasteiger partial charge < -0.3 is 4.74 Å². The number of halogens is 23. The quantitative estimate of drug-likeness (QED) is 0.213. The Hall–Kier alpha value is -2.22. The maximum Gasteiger partial charge on any atom is 0.462 e. The predicted octanol–water partition coefficient (Wildman–Crippen LogP) is 6.90. The van der Waals surface area contributed by atoms with E-state index in [1.54, 1.807) is 0 Å². The number of carbonyl (C=O) groups excluding carboxylic acids is 1. The lowest BCUT2D eigenvalue weighted by Gasteiger charge is -2.40.